The zero-order valence-electron chi connectivity index (χ0n) is 18.4. The summed E-state index contributed by atoms with van der Waals surface area (Å²) in [6, 6.07) is 18.2. The average Bonchev–Trinajstić information content (AvgIpc) is 2.74. The van der Waals surface area contributed by atoms with E-state index in [0.29, 0.717) is 22.5 Å². The number of carbonyl (C=O) groups excluding carboxylic acids is 1. The minimum Gasteiger partial charge on any atom is -0.322 e. The highest BCUT2D eigenvalue weighted by Gasteiger charge is 2.18. The van der Waals surface area contributed by atoms with Crippen LogP contribution in [-0.4, -0.2) is 29.0 Å². The number of benzene rings is 3. The van der Waals surface area contributed by atoms with Crippen molar-refractivity contribution in [2.45, 2.75) is 25.3 Å². The van der Waals surface area contributed by atoms with Gasteiger partial charge in [-0.15, -0.1) is 0 Å². The van der Waals surface area contributed by atoms with Crippen molar-refractivity contribution in [1.82, 2.24) is 4.72 Å². The summed E-state index contributed by atoms with van der Waals surface area (Å²) in [6.45, 7) is 3.56. The maximum absolute atomic E-state index is 12.9. The van der Waals surface area contributed by atoms with Crippen molar-refractivity contribution in [1.29, 1.82) is 0 Å². The first-order chi connectivity index (χ1) is 15.4. The third-order valence-corrected chi connectivity index (χ3v) is 6.85. The van der Waals surface area contributed by atoms with Crippen LogP contribution >= 0.6 is 0 Å². The quantitative estimate of drug-likeness (QED) is 0.450. The third-order valence-electron chi connectivity index (χ3n) is 4.86. The van der Waals surface area contributed by atoms with Crippen LogP contribution in [0.1, 0.15) is 27.0 Å². The Morgan fingerprint density at radius 2 is 1.52 bits per heavy atom. The molecule has 0 aromatic heterocycles. The minimum atomic E-state index is -3.84. The average molecular weight is 488 g/mol. The van der Waals surface area contributed by atoms with E-state index in [0.717, 1.165) is 11.8 Å². The van der Waals surface area contributed by atoms with Crippen molar-refractivity contribution in [3.05, 3.63) is 89.0 Å². The molecule has 0 atom stereocenters. The molecule has 0 spiro atoms. The number of amides is 1. The Bertz CT molecular complexity index is 1390. The number of hydrogen-bond acceptors (Lipinski definition) is 5. The van der Waals surface area contributed by atoms with E-state index in [1.807, 2.05) is 30.3 Å². The largest absolute Gasteiger partial charge is 0.322 e. The van der Waals surface area contributed by atoms with Gasteiger partial charge in [-0.2, -0.15) is 0 Å². The van der Waals surface area contributed by atoms with Gasteiger partial charge in [0.2, 0.25) is 20.0 Å². The van der Waals surface area contributed by atoms with Gasteiger partial charge >= 0.3 is 0 Å². The van der Waals surface area contributed by atoms with Gasteiger partial charge in [0.05, 0.1) is 16.8 Å². The van der Waals surface area contributed by atoms with E-state index in [4.69, 9.17) is 0 Å². The maximum Gasteiger partial charge on any atom is 0.255 e. The normalized spacial score (nSPS) is 11.7. The van der Waals surface area contributed by atoms with Gasteiger partial charge in [-0.25, -0.2) is 21.6 Å². The predicted octanol–water partition coefficient (Wildman–Crippen LogP) is 3.41. The molecule has 33 heavy (non-hydrogen) atoms. The lowest BCUT2D eigenvalue weighted by Crippen LogP contribution is -2.24. The SMILES string of the molecule is Cc1ccc(NC(=O)c2cc(S(=O)(=O)NCc3ccccc3)ccc2C)cc1NS(C)(=O)=O. The number of rotatable bonds is 8. The molecule has 8 nitrogen and oxygen atoms in total. The van der Waals surface area contributed by atoms with Gasteiger partial charge in [0.15, 0.2) is 0 Å². The van der Waals surface area contributed by atoms with Gasteiger partial charge in [-0.1, -0.05) is 42.5 Å². The van der Waals surface area contributed by atoms with Crippen LogP contribution in [-0.2, 0) is 26.6 Å². The van der Waals surface area contributed by atoms with E-state index < -0.39 is 26.0 Å². The summed E-state index contributed by atoms with van der Waals surface area (Å²) in [5.41, 5.74) is 2.99. The molecule has 3 N–H and O–H groups in total. The molecule has 0 radical (unpaired) electrons. The molecule has 3 aromatic carbocycles. The molecule has 0 saturated heterocycles. The van der Waals surface area contributed by atoms with Gasteiger partial charge in [0, 0.05) is 17.8 Å². The predicted molar refractivity (Wildman–Crippen MR) is 129 cm³/mol. The summed E-state index contributed by atoms with van der Waals surface area (Å²) >= 11 is 0. The summed E-state index contributed by atoms with van der Waals surface area (Å²) < 4.78 is 53.6. The number of carbonyl (C=O) groups is 1. The van der Waals surface area contributed by atoms with Crippen LogP contribution in [0.2, 0.25) is 0 Å². The molecule has 3 rings (SSSR count). The fourth-order valence-corrected chi connectivity index (χ4v) is 4.74. The number of nitrogens with one attached hydrogen (secondary N) is 3. The summed E-state index contributed by atoms with van der Waals surface area (Å²) in [4.78, 5) is 12.9. The molecule has 0 unspecified atom stereocenters. The molecule has 10 heteroatoms. The Kier molecular flexibility index (Phi) is 7.21. The van der Waals surface area contributed by atoms with Crippen molar-refractivity contribution in [2.75, 3.05) is 16.3 Å². The molecule has 0 fully saturated rings. The van der Waals surface area contributed by atoms with Crippen molar-refractivity contribution in [2.24, 2.45) is 0 Å². The fraction of sp³-hybridized carbons (Fsp3) is 0.174. The summed E-state index contributed by atoms with van der Waals surface area (Å²) in [7, 11) is -7.33. The van der Waals surface area contributed by atoms with Crippen LogP contribution in [0.25, 0.3) is 0 Å². The lowest BCUT2D eigenvalue weighted by Gasteiger charge is -2.13. The standard InChI is InChI=1S/C23H25N3O5S2/c1-16-10-12-20(33(30,31)24-15-18-7-5-4-6-8-18)14-21(16)23(27)25-19-11-9-17(2)22(13-19)26-32(3,28)29/h4-14,24,26H,15H2,1-3H3,(H,25,27). The van der Waals surface area contributed by atoms with Crippen LogP contribution in [0.15, 0.2) is 71.6 Å². The van der Waals surface area contributed by atoms with Crippen LogP contribution in [0.3, 0.4) is 0 Å². The van der Waals surface area contributed by atoms with Gasteiger partial charge in [-0.3, -0.25) is 9.52 Å². The molecule has 3 aromatic rings. The number of sulfonamides is 2. The van der Waals surface area contributed by atoms with E-state index in [1.54, 1.807) is 32.0 Å². The maximum atomic E-state index is 12.9. The van der Waals surface area contributed by atoms with E-state index in [9.17, 15) is 21.6 Å². The van der Waals surface area contributed by atoms with E-state index >= 15 is 0 Å². The Morgan fingerprint density at radius 1 is 0.848 bits per heavy atom. The molecule has 1 amide bonds. The van der Waals surface area contributed by atoms with E-state index in [2.05, 4.69) is 14.8 Å². The highest BCUT2D eigenvalue weighted by molar-refractivity contribution is 7.92. The first-order valence-electron chi connectivity index (χ1n) is 9.99. The molecule has 174 valence electrons. The van der Waals surface area contributed by atoms with Crippen molar-refractivity contribution >= 4 is 37.3 Å². The molecule has 0 heterocycles. The fourth-order valence-electron chi connectivity index (χ4n) is 3.08. The zero-order valence-corrected chi connectivity index (χ0v) is 20.0. The van der Waals surface area contributed by atoms with Gasteiger partial charge in [-0.05, 0) is 54.8 Å². The molecule has 0 bridgehead atoms. The van der Waals surface area contributed by atoms with Crippen molar-refractivity contribution < 1.29 is 21.6 Å². The van der Waals surface area contributed by atoms with Gasteiger partial charge < -0.3 is 5.32 Å². The third kappa shape index (κ3) is 6.64. The summed E-state index contributed by atoms with van der Waals surface area (Å²) in [6.07, 6.45) is 1.04. The van der Waals surface area contributed by atoms with Gasteiger partial charge in [0.25, 0.3) is 5.91 Å². The van der Waals surface area contributed by atoms with Crippen LogP contribution < -0.4 is 14.8 Å². The Balaban J connectivity index is 1.82. The second-order valence-electron chi connectivity index (χ2n) is 7.64. The summed E-state index contributed by atoms with van der Waals surface area (Å²) in [5, 5.41) is 2.70. The van der Waals surface area contributed by atoms with Crippen LogP contribution in [0, 0.1) is 13.8 Å². The van der Waals surface area contributed by atoms with Crippen LogP contribution in [0.5, 0.6) is 0 Å². The molecular formula is C23H25N3O5S2. The molecule has 0 aliphatic heterocycles. The van der Waals surface area contributed by atoms with Gasteiger partial charge in [0.1, 0.15) is 0 Å². The first kappa shape index (κ1) is 24.4. The lowest BCUT2D eigenvalue weighted by molar-refractivity contribution is 0.102. The highest BCUT2D eigenvalue weighted by atomic mass is 32.2. The Labute approximate surface area is 194 Å². The molecular weight excluding hydrogens is 462 g/mol. The van der Waals surface area contributed by atoms with E-state index in [1.165, 1.54) is 18.2 Å². The number of aryl methyl sites for hydroxylation is 2. The topological polar surface area (TPSA) is 121 Å². The van der Waals surface area contributed by atoms with E-state index in [-0.39, 0.29) is 17.0 Å². The second kappa shape index (κ2) is 9.74. The Morgan fingerprint density at radius 3 is 2.18 bits per heavy atom. The monoisotopic (exact) mass is 487 g/mol. The zero-order chi connectivity index (χ0) is 24.2. The molecule has 0 saturated carbocycles. The lowest BCUT2D eigenvalue weighted by atomic mass is 10.1. The van der Waals surface area contributed by atoms with Crippen LogP contribution in [0.4, 0.5) is 11.4 Å². The molecule has 0 aliphatic rings. The Hall–Kier alpha value is -3.21. The summed E-state index contributed by atoms with van der Waals surface area (Å²) in [5.74, 6) is -0.512. The highest BCUT2D eigenvalue weighted by Crippen LogP contribution is 2.23. The number of anilines is 2. The smallest absolute Gasteiger partial charge is 0.255 e. The number of hydrogen-bond donors (Lipinski definition) is 3. The molecule has 0 aliphatic carbocycles. The van der Waals surface area contributed by atoms with Crippen molar-refractivity contribution in [3.63, 3.8) is 0 Å². The van der Waals surface area contributed by atoms with Crippen molar-refractivity contribution in [3.8, 4) is 0 Å². The first-order valence-corrected chi connectivity index (χ1v) is 13.4. The second-order valence-corrected chi connectivity index (χ2v) is 11.2. The minimum absolute atomic E-state index is 0.0301.